The molecular weight excluding hydrogens is 388 g/mol. The normalized spacial score (nSPS) is 13.0. The minimum atomic E-state index is -0.537. The first-order chi connectivity index (χ1) is 14.0. The van der Waals surface area contributed by atoms with Crippen LogP contribution in [0.25, 0.3) is 11.3 Å². The molecule has 1 N–H and O–H groups in total. The lowest BCUT2D eigenvalue weighted by Gasteiger charge is -2.11. The number of nitro groups is 1. The van der Waals surface area contributed by atoms with E-state index in [0.29, 0.717) is 5.69 Å². The number of nitrogens with zero attached hydrogens (tertiary/aromatic N) is 3. The summed E-state index contributed by atoms with van der Waals surface area (Å²) in [6.45, 7) is 0.980. The maximum absolute atomic E-state index is 12.8. The molecule has 1 aromatic heterocycles. The van der Waals surface area contributed by atoms with E-state index >= 15 is 0 Å². The molecule has 0 bridgehead atoms. The van der Waals surface area contributed by atoms with Gasteiger partial charge in [0.15, 0.2) is 0 Å². The zero-order chi connectivity index (χ0) is 20.4. The van der Waals surface area contributed by atoms with Crippen LogP contribution in [0.4, 0.5) is 11.4 Å². The van der Waals surface area contributed by atoms with E-state index < -0.39 is 10.8 Å². The Morgan fingerprint density at radius 1 is 1.24 bits per heavy atom. The van der Waals surface area contributed by atoms with E-state index in [2.05, 4.69) is 9.88 Å². The number of nitrogens with one attached hydrogen (secondary N) is 1. The van der Waals surface area contributed by atoms with Gasteiger partial charge in [0.1, 0.15) is 11.4 Å². The second-order valence-electron chi connectivity index (χ2n) is 6.87. The number of hydrogen-bond acceptors (Lipinski definition) is 5. The third kappa shape index (κ3) is 4.02. The van der Waals surface area contributed by atoms with Crippen molar-refractivity contribution in [1.29, 1.82) is 0 Å². The fourth-order valence-corrected chi connectivity index (χ4v) is 3.93. The van der Waals surface area contributed by atoms with Gasteiger partial charge >= 0.3 is 0 Å². The van der Waals surface area contributed by atoms with E-state index in [4.69, 9.17) is 4.98 Å². The van der Waals surface area contributed by atoms with Crippen LogP contribution in [-0.2, 0) is 13.0 Å². The van der Waals surface area contributed by atoms with E-state index in [-0.39, 0.29) is 11.3 Å². The summed E-state index contributed by atoms with van der Waals surface area (Å²) in [6.07, 6.45) is 7.19. The number of carbonyl (C=O) groups is 1. The van der Waals surface area contributed by atoms with Gasteiger partial charge in [-0.25, -0.2) is 4.98 Å². The number of fused-ring (bicyclic) bond motifs is 1. The molecule has 1 amide bonds. The highest BCUT2D eigenvalue weighted by molar-refractivity contribution is 7.98. The topological polar surface area (TPSA) is 90.1 Å². The first-order valence-corrected chi connectivity index (χ1v) is 10.6. The van der Waals surface area contributed by atoms with Gasteiger partial charge in [0.05, 0.1) is 10.6 Å². The van der Waals surface area contributed by atoms with Crippen LogP contribution >= 0.6 is 11.8 Å². The maximum Gasteiger partial charge on any atom is 0.282 e. The number of anilines is 1. The van der Waals surface area contributed by atoms with Gasteiger partial charge in [-0.3, -0.25) is 14.9 Å². The summed E-state index contributed by atoms with van der Waals surface area (Å²) >= 11 is 1.43. The van der Waals surface area contributed by atoms with Crippen LogP contribution in [0.3, 0.4) is 0 Å². The number of thioether (sulfide) groups is 1. The number of aryl methyl sites for hydroxylation is 2. The molecular formula is C21H20N4O3S. The van der Waals surface area contributed by atoms with Crippen LogP contribution in [0.1, 0.15) is 29.0 Å². The van der Waals surface area contributed by atoms with E-state index in [1.807, 2.05) is 30.7 Å². The van der Waals surface area contributed by atoms with Crippen molar-refractivity contribution in [2.45, 2.75) is 30.7 Å². The molecule has 4 rings (SSSR count). The van der Waals surface area contributed by atoms with Crippen LogP contribution in [0, 0.1) is 10.1 Å². The number of carbonyl (C=O) groups excluding carboxylic acids is 1. The zero-order valence-electron chi connectivity index (χ0n) is 15.9. The van der Waals surface area contributed by atoms with Gasteiger partial charge in [-0.1, -0.05) is 12.1 Å². The Morgan fingerprint density at radius 3 is 2.86 bits per heavy atom. The third-order valence-corrected chi connectivity index (χ3v) is 5.70. The summed E-state index contributed by atoms with van der Waals surface area (Å²) in [7, 11) is 0. The van der Waals surface area contributed by atoms with Crippen LogP contribution in [0.15, 0.2) is 53.6 Å². The lowest BCUT2D eigenvalue weighted by atomic mass is 10.1. The highest BCUT2D eigenvalue weighted by atomic mass is 32.2. The quantitative estimate of drug-likeness (QED) is 0.373. The van der Waals surface area contributed by atoms with Crippen molar-refractivity contribution in [1.82, 2.24) is 9.55 Å². The summed E-state index contributed by atoms with van der Waals surface area (Å²) < 4.78 is 2.18. The largest absolute Gasteiger partial charge is 0.334 e. The summed E-state index contributed by atoms with van der Waals surface area (Å²) in [5.74, 6) is 0.582. The Bertz CT molecular complexity index is 1070. The van der Waals surface area contributed by atoms with Gasteiger partial charge in [0, 0.05) is 41.4 Å². The fourth-order valence-electron chi connectivity index (χ4n) is 3.49. The minimum absolute atomic E-state index is 0.0460. The average Bonchev–Trinajstić information content (AvgIpc) is 3.17. The van der Waals surface area contributed by atoms with Crippen molar-refractivity contribution in [2.24, 2.45) is 0 Å². The Kier molecular flexibility index (Phi) is 5.35. The Balaban J connectivity index is 1.61. The fraction of sp³-hybridized carbons (Fsp3) is 0.238. The lowest BCUT2D eigenvalue weighted by Crippen LogP contribution is -2.14. The van der Waals surface area contributed by atoms with Crippen molar-refractivity contribution in [3.63, 3.8) is 0 Å². The summed E-state index contributed by atoms with van der Waals surface area (Å²) in [5.41, 5.74) is 2.18. The van der Waals surface area contributed by atoms with Crippen molar-refractivity contribution >= 4 is 29.0 Å². The Morgan fingerprint density at radius 2 is 2.10 bits per heavy atom. The second-order valence-corrected chi connectivity index (χ2v) is 7.75. The number of nitro benzene ring substituents is 1. The van der Waals surface area contributed by atoms with Gasteiger partial charge in [0.2, 0.25) is 0 Å². The number of benzene rings is 2. The van der Waals surface area contributed by atoms with Crippen LogP contribution in [0.5, 0.6) is 0 Å². The number of rotatable bonds is 5. The van der Waals surface area contributed by atoms with Gasteiger partial charge < -0.3 is 9.88 Å². The van der Waals surface area contributed by atoms with Gasteiger partial charge in [-0.05, 0) is 43.4 Å². The van der Waals surface area contributed by atoms with E-state index in [1.165, 1.54) is 17.8 Å². The number of hydrogen-bond donors (Lipinski definition) is 1. The molecule has 1 aliphatic rings. The van der Waals surface area contributed by atoms with Crippen molar-refractivity contribution in [3.8, 4) is 11.3 Å². The highest BCUT2D eigenvalue weighted by Crippen LogP contribution is 2.28. The third-order valence-electron chi connectivity index (χ3n) is 4.97. The molecule has 0 radical (unpaired) electrons. The SMILES string of the molecule is CSc1ccc([N+](=O)[O-])c(C(=O)Nc2cccc(-c3cn4c(n3)CCCC4)c2)c1. The van der Waals surface area contributed by atoms with E-state index in [9.17, 15) is 14.9 Å². The van der Waals surface area contributed by atoms with Crippen molar-refractivity contribution in [2.75, 3.05) is 11.6 Å². The van der Waals surface area contributed by atoms with Crippen molar-refractivity contribution in [3.05, 3.63) is 70.2 Å². The zero-order valence-corrected chi connectivity index (χ0v) is 16.7. The summed E-state index contributed by atoms with van der Waals surface area (Å²) in [6, 6.07) is 12.0. The first-order valence-electron chi connectivity index (χ1n) is 9.35. The van der Waals surface area contributed by atoms with E-state index in [1.54, 1.807) is 18.2 Å². The standard InChI is InChI=1S/C21H20N4O3S/c1-29-16-8-9-19(25(27)28)17(12-16)21(26)22-15-6-4-5-14(11-15)18-13-24-10-3-2-7-20(24)23-18/h4-6,8-9,11-13H,2-3,7,10H2,1H3,(H,22,26). The van der Waals surface area contributed by atoms with Gasteiger partial charge in [0.25, 0.3) is 11.6 Å². The van der Waals surface area contributed by atoms with Crippen LogP contribution < -0.4 is 5.32 Å². The van der Waals surface area contributed by atoms with Crippen molar-refractivity contribution < 1.29 is 9.72 Å². The molecule has 1 aliphatic heterocycles. The highest BCUT2D eigenvalue weighted by Gasteiger charge is 2.21. The molecule has 2 aromatic carbocycles. The number of imidazole rings is 1. The molecule has 7 nitrogen and oxygen atoms in total. The first kappa shape index (κ1) is 19.2. The maximum atomic E-state index is 12.8. The predicted molar refractivity (Wildman–Crippen MR) is 113 cm³/mol. The Hall–Kier alpha value is -3.13. The summed E-state index contributed by atoms with van der Waals surface area (Å²) in [5, 5.41) is 14.1. The molecule has 0 spiro atoms. The Labute approximate surface area is 172 Å². The molecule has 8 heteroatoms. The molecule has 0 aliphatic carbocycles. The predicted octanol–water partition coefficient (Wildman–Crippen LogP) is 4.77. The monoisotopic (exact) mass is 408 g/mol. The molecule has 0 atom stereocenters. The molecule has 148 valence electrons. The number of amides is 1. The van der Waals surface area contributed by atoms with E-state index in [0.717, 1.165) is 47.8 Å². The molecule has 29 heavy (non-hydrogen) atoms. The molecule has 2 heterocycles. The minimum Gasteiger partial charge on any atom is -0.334 e. The lowest BCUT2D eigenvalue weighted by molar-refractivity contribution is -0.385. The molecule has 0 fully saturated rings. The van der Waals surface area contributed by atoms with Crippen LogP contribution in [0.2, 0.25) is 0 Å². The van der Waals surface area contributed by atoms with Crippen LogP contribution in [-0.4, -0.2) is 26.6 Å². The summed E-state index contributed by atoms with van der Waals surface area (Å²) in [4.78, 5) is 29.1. The average molecular weight is 408 g/mol. The number of aromatic nitrogens is 2. The van der Waals surface area contributed by atoms with Gasteiger partial charge in [-0.2, -0.15) is 0 Å². The molecule has 0 saturated carbocycles. The molecule has 3 aromatic rings. The second kappa shape index (κ2) is 8.08. The van der Waals surface area contributed by atoms with Gasteiger partial charge in [-0.15, -0.1) is 11.8 Å². The molecule has 0 saturated heterocycles. The molecule has 0 unspecified atom stereocenters. The smallest absolute Gasteiger partial charge is 0.282 e.